The molecule has 0 bridgehead atoms. The third kappa shape index (κ3) is 3.49. The monoisotopic (exact) mass is 306 g/mol. The van der Waals surface area contributed by atoms with Gasteiger partial charge in [-0.05, 0) is 49.1 Å². The van der Waals surface area contributed by atoms with Crippen LogP contribution in [-0.4, -0.2) is 41.9 Å². The fourth-order valence-electron chi connectivity index (χ4n) is 3.96. The number of nitrogens with zero attached hydrogens (tertiary/aromatic N) is 2. The van der Waals surface area contributed by atoms with Crippen molar-refractivity contribution in [2.75, 3.05) is 26.2 Å². The van der Waals surface area contributed by atoms with E-state index in [-0.39, 0.29) is 0 Å². The third-order valence-corrected chi connectivity index (χ3v) is 5.77. The number of likely N-dealkylation sites (tertiary alicyclic amines) is 2. The highest BCUT2D eigenvalue weighted by Crippen LogP contribution is 2.34. The standard InChI is InChI=1S/C17H26N2OS/c1-13-9-14(2)11-19(10-13)17(20)12-18-7-3-5-15(18)16-6-4-8-21-16/h4,6,8,13-15H,3,5,7,9-12H2,1-2H3/t13-,14+,15-/m0/s1. The zero-order chi connectivity index (χ0) is 14.8. The van der Waals surface area contributed by atoms with E-state index in [2.05, 4.69) is 41.2 Å². The summed E-state index contributed by atoms with van der Waals surface area (Å²) in [5, 5.41) is 2.14. The van der Waals surface area contributed by atoms with Gasteiger partial charge in [-0.25, -0.2) is 0 Å². The molecule has 116 valence electrons. The summed E-state index contributed by atoms with van der Waals surface area (Å²) in [7, 11) is 0. The summed E-state index contributed by atoms with van der Waals surface area (Å²) in [6.07, 6.45) is 3.66. The van der Waals surface area contributed by atoms with Crippen LogP contribution in [0.4, 0.5) is 0 Å². The molecule has 2 saturated heterocycles. The second-order valence-corrected chi connectivity index (χ2v) is 7.87. The lowest BCUT2D eigenvalue weighted by Gasteiger charge is -2.36. The molecule has 0 aromatic carbocycles. The lowest BCUT2D eigenvalue weighted by Crippen LogP contribution is -2.46. The van der Waals surface area contributed by atoms with Crippen LogP contribution < -0.4 is 0 Å². The quantitative estimate of drug-likeness (QED) is 0.854. The normalized spacial score (nSPS) is 30.8. The predicted octanol–water partition coefficient (Wildman–Crippen LogP) is 3.39. The summed E-state index contributed by atoms with van der Waals surface area (Å²) in [5.74, 6) is 1.62. The van der Waals surface area contributed by atoms with Gasteiger partial charge in [-0.3, -0.25) is 9.69 Å². The van der Waals surface area contributed by atoms with Crippen LogP contribution in [0.5, 0.6) is 0 Å². The zero-order valence-electron chi connectivity index (χ0n) is 13.1. The van der Waals surface area contributed by atoms with E-state index in [1.54, 1.807) is 0 Å². The Bertz CT molecular complexity index is 463. The van der Waals surface area contributed by atoms with Crippen LogP contribution in [0.1, 0.15) is 44.0 Å². The first kappa shape index (κ1) is 15.0. The Morgan fingerprint density at radius 2 is 2.10 bits per heavy atom. The maximum Gasteiger partial charge on any atom is 0.236 e. The summed E-state index contributed by atoms with van der Waals surface area (Å²) in [6.45, 7) is 8.08. The maximum atomic E-state index is 12.6. The minimum Gasteiger partial charge on any atom is -0.341 e. The number of amides is 1. The first-order valence-corrected chi connectivity index (χ1v) is 9.06. The summed E-state index contributed by atoms with van der Waals surface area (Å²) >= 11 is 1.82. The molecule has 0 spiro atoms. The number of rotatable bonds is 3. The molecular formula is C17H26N2OS. The van der Waals surface area contributed by atoms with Gasteiger partial charge < -0.3 is 4.90 Å². The molecule has 3 atom stereocenters. The van der Waals surface area contributed by atoms with Gasteiger partial charge in [-0.1, -0.05) is 19.9 Å². The van der Waals surface area contributed by atoms with Crippen LogP contribution in [0.15, 0.2) is 17.5 Å². The highest BCUT2D eigenvalue weighted by molar-refractivity contribution is 7.10. The summed E-state index contributed by atoms with van der Waals surface area (Å²) < 4.78 is 0. The fourth-order valence-corrected chi connectivity index (χ4v) is 4.85. The molecule has 2 fully saturated rings. The van der Waals surface area contributed by atoms with E-state index in [0.717, 1.165) is 19.6 Å². The van der Waals surface area contributed by atoms with E-state index in [1.807, 2.05) is 11.3 Å². The largest absolute Gasteiger partial charge is 0.341 e. The third-order valence-electron chi connectivity index (χ3n) is 4.80. The van der Waals surface area contributed by atoms with Crippen LogP contribution in [-0.2, 0) is 4.79 Å². The van der Waals surface area contributed by atoms with Crippen molar-refractivity contribution in [3.63, 3.8) is 0 Å². The van der Waals surface area contributed by atoms with Crippen LogP contribution in [0.25, 0.3) is 0 Å². The first-order chi connectivity index (χ1) is 10.1. The van der Waals surface area contributed by atoms with Crippen molar-refractivity contribution in [3.05, 3.63) is 22.4 Å². The van der Waals surface area contributed by atoms with Crippen LogP contribution in [0.2, 0.25) is 0 Å². The molecule has 2 aliphatic rings. The van der Waals surface area contributed by atoms with Gasteiger partial charge in [0.2, 0.25) is 5.91 Å². The Hall–Kier alpha value is -0.870. The molecule has 21 heavy (non-hydrogen) atoms. The smallest absolute Gasteiger partial charge is 0.236 e. The number of carbonyl (C=O) groups excluding carboxylic acids is 1. The van der Waals surface area contributed by atoms with Gasteiger partial charge in [0.25, 0.3) is 0 Å². The Balaban J connectivity index is 1.61. The van der Waals surface area contributed by atoms with Gasteiger partial charge in [-0.15, -0.1) is 11.3 Å². The van der Waals surface area contributed by atoms with Crippen molar-refractivity contribution in [3.8, 4) is 0 Å². The van der Waals surface area contributed by atoms with E-state index in [9.17, 15) is 4.79 Å². The first-order valence-electron chi connectivity index (χ1n) is 8.18. The number of carbonyl (C=O) groups is 1. The lowest BCUT2D eigenvalue weighted by molar-refractivity contribution is -0.135. The summed E-state index contributed by atoms with van der Waals surface area (Å²) in [6, 6.07) is 4.80. The van der Waals surface area contributed by atoms with E-state index in [1.165, 1.54) is 24.1 Å². The predicted molar refractivity (Wildman–Crippen MR) is 87.4 cm³/mol. The highest BCUT2D eigenvalue weighted by atomic mass is 32.1. The van der Waals surface area contributed by atoms with Crippen molar-refractivity contribution >= 4 is 17.2 Å². The second-order valence-electron chi connectivity index (χ2n) is 6.89. The zero-order valence-corrected chi connectivity index (χ0v) is 13.9. The molecule has 3 heterocycles. The highest BCUT2D eigenvalue weighted by Gasteiger charge is 2.31. The van der Waals surface area contributed by atoms with Crippen LogP contribution in [0, 0.1) is 11.8 Å². The van der Waals surface area contributed by atoms with Crippen molar-refractivity contribution in [2.24, 2.45) is 11.8 Å². The van der Waals surface area contributed by atoms with Gasteiger partial charge in [0.15, 0.2) is 0 Å². The number of hydrogen-bond donors (Lipinski definition) is 0. The average molecular weight is 306 g/mol. The second kappa shape index (κ2) is 6.49. The van der Waals surface area contributed by atoms with Gasteiger partial charge >= 0.3 is 0 Å². The van der Waals surface area contributed by atoms with Gasteiger partial charge in [0.1, 0.15) is 0 Å². The van der Waals surface area contributed by atoms with Crippen LogP contribution >= 0.6 is 11.3 Å². The average Bonchev–Trinajstić information content (AvgIpc) is 3.07. The lowest BCUT2D eigenvalue weighted by atomic mass is 9.92. The molecule has 0 N–H and O–H groups in total. The Morgan fingerprint density at radius 3 is 2.76 bits per heavy atom. The topological polar surface area (TPSA) is 23.6 Å². The van der Waals surface area contributed by atoms with Gasteiger partial charge in [-0.2, -0.15) is 0 Å². The molecule has 0 aliphatic carbocycles. The number of piperidine rings is 1. The molecule has 1 aromatic heterocycles. The van der Waals surface area contributed by atoms with Crippen molar-refractivity contribution in [1.82, 2.24) is 9.80 Å². The molecule has 0 saturated carbocycles. The number of hydrogen-bond acceptors (Lipinski definition) is 3. The summed E-state index contributed by atoms with van der Waals surface area (Å²) in [5.41, 5.74) is 0. The molecular weight excluding hydrogens is 280 g/mol. The van der Waals surface area contributed by atoms with E-state index in [4.69, 9.17) is 0 Å². The minimum absolute atomic E-state index is 0.330. The fraction of sp³-hybridized carbons (Fsp3) is 0.706. The molecule has 3 nitrogen and oxygen atoms in total. The molecule has 3 rings (SSSR count). The molecule has 4 heteroatoms. The van der Waals surface area contributed by atoms with E-state index >= 15 is 0 Å². The molecule has 1 amide bonds. The summed E-state index contributed by atoms with van der Waals surface area (Å²) in [4.78, 5) is 18.6. The molecule has 2 aliphatic heterocycles. The van der Waals surface area contributed by atoms with Crippen molar-refractivity contribution in [1.29, 1.82) is 0 Å². The minimum atomic E-state index is 0.330. The van der Waals surface area contributed by atoms with Crippen LogP contribution in [0.3, 0.4) is 0 Å². The SMILES string of the molecule is C[C@@H]1C[C@H](C)CN(C(=O)CN2CCC[C@H]2c2cccs2)C1. The maximum absolute atomic E-state index is 12.6. The molecule has 0 radical (unpaired) electrons. The number of thiophene rings is 1. The van der Waals surface area contributed by atoms with E-state index in [0.29, 0.717) is 30.3 Å². The Labute approximate surface area is 131 Å². The van der Waals surface area contributed by atoms with Gasteiger partial charge in [0, 0.05) is 24.0 Å². The van der Waals surface area contributed by atoms with Crippen molar-refractivity contribution in [2.45, 2.75) is 39.2 Å². The Morgan fingerprint density at radius 1 is 1.33 bits per heavy atom. The molecule has 1 aromatic rings. The van der Waals surface area contributed by atoms with E-state index < -0.39 is 0 Å². The molecule has 0 unspecified atom stereocenters. The van der Waals surface area contributed by atoms with Crippen molar-refractivity contribution < 1.29 is 4.79 Å². The Kier molecular flexibility index (Phi) is 4.65. The van der Waals surface area contributed by atoms with Gasteiger partial charge in [0.05, 0.1) is 6.54 Å².